The van der Waals surface area contributed by atoms with Gasteiger partial charge in [-0.2, -0.15) is 0 Å². The van der Waals surface area contributed by atoms with E-state index >= 15 is 0 Å². The van der Waals surface area contributed by atoms with E-state index in [1.807, 2.05) is 18.2 Å². The molecule has 0 saturated heterocycles. The molecule has 9 rings (SSSR count). The average Bonchev–Trinajstić information content (AvgIpc) is 3.22. The summed E-state index contributed by atoms with van der Waals surface area (Å²) >= 11 is 0. The molecular weight excluding hydrogens is 689 g/mol. The first-order valence-corrected chi connectivity index (χ1v) is 19.8. The number of benzene rings is 7. The van der Waals surface area contributed by atoms with Gasteiger partial charge in [-0.3, -0.25) is 0 Å². The van der Waals surface area contributed by atoms with Crippen LogP contribution in [0, 0.1) is 34.6 Å². The molecule has 0 fully saturated rings. The summed E-state index contributed by atoms with van der Waals surface area (Å²) in [7, 11) is 0. The number of hydrogen-bond acceptors (Lipinski definition) is 3. The van der Waals surface area contributed by atoms with E-state index in [0.29, 0.717) is 0 Å². The highest BCUT2D eigenvalue weighted by Crippen LogP contribution is 2.49. The topological polar surface area (TPSA) is 9.72 Å². The molecule has 2 heterocycles. The van der Waals surface area contributed by atoms with Crippen molar-refractivity contribution in [2.24, 2.45) is 0 Å². The molecule has 4 heteroatoms. The fourth-order valence-electron chi connectivity index (χ4n) is 8.78. The summed E-state index contributed by atoms with van der Waals surface area (Å²) in [5.41, 5.74) is 22.4. The van der Waals surface area contributed by atoms with Crippen molar-refractivity contribution in [3.8, 4) is 11.1 Å². The predicted octanol–water partition coefficient (Wildman–Crippen LogP) is 12.4. The molecule has 0 N–H and O–H groups in total. The molecule has 0 bridgehead atoms. The molecule has 57 heavy (non-hydrogen) atoms. The first-order valence-electron chi connectivity index (χ1n) is 19.8. The van der Waals surface area contributed by atoms with Gasteiger partial charge in [0.25, 0.3) is 6.71 Å². The van der Waals surface area contributed by atoms with Crippen LogP contribution in [0.5, 0.6) is 0 Å². The largest absolute Gasteiger partial charge is 0.311 e. The summed E-state index contributed by atoms with van der Waals surface area (Å²) in [4.78, 5) is 7.32. The number of para-hydroxylation sites is 1. The summed E-state index contributed by atoms with van der Waals surface area (Å²) in [5, 5.41) is 0. The lowest BCUT2D eigenvalue weighted by Crippen LogP contribution is -2.61. The lowest BCUT2D eigenvalue weighted by molar-refractivity contribution is 1.19. The van der Waals surface area contributed by atoms with Crippen LogP contribution >= 0.6 is 0 Å². The number of aryl methyl sites for hydroxylation is 5. The molecule has 0 aliphatic carbocycles. The Morgan fingerprint density at radius 2 is 1.04 bits per heavy atom. The van der Waals surface area contributed by atoms with Gasteiger partial charge in [0.2, 0.25) is 0 Å². The van der Waals surface area contributed by atoms with Crippen molar-refractivity contribution < 1.29 is 0 Å². The highest BCUT2D eigenvalue weighted by molar-refractivity contribution is 7.00. The highest BCUT2D eigenvalue weighted by Gasteiger charge is 2.44. The summed E-state index contributed by atoms with van der Waals surface area (Å²) in [6.45, 7) is 19.3. The van der Waals surface area contributed by atoms with Gasteiger partial charge < -0.3 is 14.7 Å². The summed E-state index contributed by atoms with van der Waals surface area (Å²) in [6.07, 6.45) is 5.80. The smallest absolute Gasteiger partial charge is 0.252 e. The monoisotopic (exact) mass is 735 g/mol. The molecule has 7 aromatic carbocycles. The van der Waals surface area contributed by atoms with Crippen LogP contribution < -0.4 is 31.1 Å². The molecule has 2 aliphatic heterocycles. The molecule has 0 spiro atoms. The third kappa shape index (κ3) is 6.19. The SMILES string of the molecule is C=C/C=C(\C=C)N(c1ccccc1)c1cc2c3c(c1)N(c1ccc(C)cc1-c1ccc(C)cc1)c1ccc(C)cc1B3c1cc(C)ccc1N2c1ccc(C)cc1. The summed E-state index contributed by atoms with van der Waals surface area (Å²) < 4.78 is 0. The average molecular weight is 736 g/mol. The Hall–Kier alpha value is -6.78. The molecule has 0 amide bonds. The van der Waals surface area contributed by atoms with Crippen LogP contribution in [0.25, 0.3) is 11.1 Å². The maximum atomic E-state index is 4.30. The van der Waals surface area contributed by atoms with Crippen molar-refractivity contribution in [3.63, 3.8) is 0 Å². The fourth-order valence-corrected chi connectivity index (χ4v) is 8.78. The zero-order chi connectivity index (χ0) is 39.4. The molecule has 2 aliphatic rings. The maximum absolute atomic E-state index is 4.30. The van der Waals surface area contributed by atoms with E-state index < -0.39 is 0 Å². The van der Waals surface area contributed by atoms with Gasteiger partial charge in [-0.15, -0.1) is 0 Å². The Morgan fingerprint density at radius 3 is 1.63 bits per heavy atom. The standard InChI is InChI=1S/C53H46BN3/c1-8-13-41(9-2)55(42-14-11-10-12-15-42)44-33-51-53-52(34-44)57(48-27-20-37(5)30-45(48)40-23-16-35(3)17-24-40)50-29-22-39(7)32-47(50)54(53)46-31-38(6)21-28-49(46)56(51)43-25-18-36(4)19-26-43/h8-34H,1-2H2,3-7H3/b41-13+. The maximum Gasteiger partial charge on any atom is 0.252 e. The van der Waals surface area contributed by atoms with Gasteiger partial charge >= 0.3 is 0 Å². The summed E-state index contributed by atoms with van der Waals surface area (Å²) in [5.74, 6) is 0. The van der Waals surface area contributed by atoms with E-state index in [9.17, 15) is 0 Å². The van der Waals surface area contributed by atoms with E-state index in [4.69, 9.17) is 0 Å². The van der Waals surface area contributed by atoms with Crippen LogP contribution in [0.15, 0.2) is 183 Å². The Labute approximate surface area is 338 Å². The number of hydrogen-bond donors (Lipinski definition) is 0. The molecule has 0 unspecified atom stereocenters. The Bertz CT molecular complexity index is 2730. The highest BCUT2D eigenvalue weighted by atomic mass is 15.2. The van der Waals surface area contributed by atoms with E-state index in [-0.39, 0.29) is 6.71 Å². The molecule has 0 atom stereocenters. The minimum absolute atomic E-state index is 0.00726. The van der Waals surface area contributed by atoms with Crippen LogP contribution in [-0.2, 0) is 0 Å². The van der Waals surface area contributed by atoms with Crippen LogP contribution in [0.2, 0.25) is 0 Å². The second kappa shape index (κ2) is 14.4. The lowest BCUT2D eigenvalue weighted by atomic mass is 9.33. The Morgan fingerprint density at radius 1 is 0.509 bits per heavy atom. The van der Waals surface area contributed by atoms with Gasteiger partial charge in [0, 0.05) is 45.4 Å². The number of rotatable bonds is 8. The molecule has 7 aromatic rings. The summed E-state index contributed by atoms with van der Waals surface area (Å²) in [6, 6.07) is 54.2. The van der Waals surface area contributed by atoms with E-state index in [1.165, 1.54) is 66.7 Å². The van der Waals surface area contributed by atoms with Crippen molar-refractivity contribution in [1.82, 2.24) is 0 Å². The van der Waals surface area contributed by atoms with Gasteiger partial charge in [0.05, 0.1) is 11.4 Å². The van der Waals surface area contributed by atoms with Crippen LogP contribution in [0.3, 0.4) is 0 Å². The van der Waals surface area contributed by atoms with Crippen molar-refractivity contribution in [2.45, 2.75) is 34.6 Å². The normalized spacial score (nSPS) is 12.8. The minimum atomic E-state index is 0.00726. The van der Waals surface area contributed by atoms with Crippen LogP contribution in [0.1, 0.15) is 27.8 Å². The lowest BCUT2D eigenvalue weighted by Gasteiger charge is -2.45. The predicted molar refractivity (Wildman–Crippen MR) is 247 cm³/mol. The third-order valence-corrected chi connectivity index (χ3v) is 11.4. The Balaban J connectivity index is 1.44. The molecule has 0 saturated carbocycles. The van der Waals surface area contributed by atoms with Crippen molar-refractivity contribution >= 4 is 68.6 Å². The molecule has 0 radical (unpaired) electrons. The van der Waals surface area contributed by atoms with Crippen molar-refractivity contribution in [1.29, 1.82) is 0 Å². The Kier molecular flexibility index (Phi) is 9.06. The number of fused-ring (bicyclic) bond motifs is 4. The number of allylic oxidation sites excluding steroid dienone is 3. The molecule has 3 nitrogen and oxygen atoms in total. The van der Waals surface area contributed by atoms with Gasteiger partial charge in [0.1, 0.15) is 0 Å². The van der Waals surface area contributed by atoms with Crippen LogP contribution in [0.4, 0.5) is 45.5 Å². The second-order valence-corrected chi connectivity index (χ2v) is 15.6. The van der Waals surface area contributed by atoms with Crippen molar-refractivity contribution in [3.05, 3.63) is 210 Å². The molecular formula is C53H46BN3. The van der Waals surface area contributed by atoms with Gasteiger partial charge in [0.15, 0.2) is 0 Å². The van der Waals surface area contributed by atoms with Gasteiger partial charge in [-0.05, 0) is 129 Å². The first kappa shape index (κ1) is 35.9. The molecule has 0 aromatic heterocycles. The zero-order valence-corrected chi connectivity index (χ0v) is 33.4. The second-order valence-electron chi connectivity index (χ2n) is 15.6. The zero-order valence-electron chi connectivity index (χ0n) is 33.4. The first-order chi connectivity index (χ1) is 27.7. The molecule has 276 valence electrons. The van der Waals surface area contributed by atoms with E-state index in [2.05, 4.69) is 208 Å². The van der Waals surface area contributed by atoms with Crippen molar-refractivity contribution in [2.75, 3.05) is 14.7 Å². The number of nitrogens with zero attached hydrogens (tertiary/aromatic N) is 3. The quantitative estimate of drug-likeness (QED) is 0.114. The van der Waals surface area contributed by atoms with E-state index in [0.717, 1.165) is 39.8 Å². The number of anilines is 8. The van der Waals surface area contributed by atoms with E-state index in [1.54, 1.807) is 0 Å². The van der Waals surface area contributed by atoms with Gasteiger partial charge in [-0.1, -0.05) is 132 Å². The fraction of sp³-hybridized carbons (Fsp3) is 0.0943. The third-order valence-electron chi connectivity index (χ3n) is 11.4. The van der Waals surface area contributed by atoms with Crippen LogP contribution in [-0.4, -0.2) is 6.71 Å². The van der Waals surface area contributed by atoms with Gasteiger partial charge in [-0.25, -0.2) is 0 Å². The minimum Gasteiger partial charge on any atom is -0.311 e.